The van der Waals surface area contributed by atoms with Crippen molar-refractivity contribution in [2.24, 2.45) is 0 Å². The molecule has 11 heteroatoms. The molecular weight excluding hydrogens is 465 g/mol. The van der Waals surface area contributed by atoms with Gasteiger partial charge in [-0.25, -0.2) is 0 Å². The van der Waals surface area contributed by atoms with E-state index in [1.54, 1.807) is 30.4 Å². The van der Waals surface area contributed by atoms with Gasteiger partial charge in [0.2, 0.25) is 5.75 Å². The quantitative estimate of drug-likeness (QED) is 0.288. The Labute approximate surface area is 200 Å². The molecule has 190 valence electrons. The first kappa shape index (κ1) is 29.3. The molecule has 0 heterocycles. The summed E-state index contributed by atoms with van der Waals surface area (Å²) >= 11 is 0. The number of hydrogen-bond donors (Lipinski definition) is 2. The van der Waals surface area contributed by atoms with Crippen molar-refractivity contribution in [3.8, 4) is 28.7 Å². The summed E-state index contributed by atoms with van der Waals surface area (Å²) in [4.78, 5) is 19.9. The smallest absolute Gasteiger partial charge is 0.317 e. The molecule has 0 aliphatic carbocycles. The SMILES string of the molecule is COc1ccc(/C=C\c2cc(OC)c(OC)c(OC)c2)cc1OP(=O)([O-])O.C[N+](C)(C)CCO. The van der Waals surface area contributed by atoms with Crippen LogP contribution in [0, 0.1) is 0 Å². The summed E-state index contributed by atoms with van der Waals surface area (Å²) in [5.74, 6) is 1.53. The van der Waals surface area contributed by atoms with Crippen molar-refractivity contribution < 1.29 is 47.4 Å². The van der Waals surface area contributed by atoms with Gasteiger partial charge in [0.05, 0.1) is 56.2 Å². The highest BCUT2D eigenvalue weighted by atomic mass is 31.2. The lowest BCUT2D eigenvalue weighted by atomic mass is 10.1. The lowest BCUT2D eigenvalue weighted by Crippen LogP contribution is -2.36. The summed E-state index contributed by atoms with van der Waals surface area (Å²) in [6, 6.07) is 8.18. The second-order valence-corrected chi connectivity index (χ2v) is 9.12. The van der Waals surface area contributed by atoms with Gasteiger partial charge in [0.1, 0.15) is 6.54 Å². The third-order valence-corrected chi connectivity index (χ3v) is 4.75. The van der Waals surface area contributed by atoms with E-state index in [9.17, 15) is 9.46 Å². The second kappa shape index (κ2) is 13.2. The molecule has 2 rings (SSSR count). The summed E-state index contributed by atoms with van der Waals surface area (Å²) in [5.41, 5.74) is 1.38. The number of phosphoric ester groups is 1. The molecule has 0 bridgehead atoms. The van der Waals surface area contributed by atoms with Crippen LogP contribution in [-0.2, 0) is 4.57 Å². The van der Waals surface area contributed by atoms with Gasteiger partial charge in [-0.1, -0.05) is 18.2 Å². The van der Waals surface area contributed by atoms with Crippen LogP contribution in [0.4, 0.5) is 0 Å². The van der Waals surface area contributed by atoms with Gasteiger partial charge in [-0.05, 0) is 35.4 Å². The predicted molar refractivity (Wildman–Crippen MR) is 128 cm³/mol. The number of hydrogen-bond acceptors (Lipinski definition) is 8. The third-order valence-electron chi connectivity index (χ3n) is 4.33. The Kier molecular flexibility index (Phi) is 11.4. The minimum absolute atomic E-state index is 0.120. The molecule has 34 heavy (non-hydrogen) atoms. The van der Waals surface area contributed by atoms with Gasteiger partial charge in [-0.3, -0.25) is 4.57 Å². The van der Waals surface area contributed by atoms with Gasteiger partial charge < -0.3 is 42.8 Å². The number of methoxy groups -OCH3 is 4. The van der Waals surface area contributed by atoms with E-state index in [0.29, 0.717) is 22.8 Å². The van der Waals surface area contributed by atoms with E-state index in [2.05, 4.69) is 25.7 Å². The van der Waals surface area contributed by atoms with Crippen molar-refractivity contribution in [2.75, 3.05) is 62.7 Å². The summed E-state index contributed by atoms with van der Waals surface area (Å²) in [6.07, 6.45) is 3.49. The maximum Gasteiger partial charge on any atom is 0.317 e. The van der Waals surface area contributed by atoms with Crippen molar-refractivity contribution in [1.82, 2.24) is 0 Å². The number of benzene rings is 2. The normalized spacial score (nSPS) is 12.9. The van der Waals surface area contributed by atoms with Gasteiger partial charge in [0, 0.05) is 0 Å². The highest BCUT2D eigenvalue weighted by Crippen LogP contribution is 2.40. The predicted octanol–water partition coefficient (Wildman–Crippen LogP) is 2.42. The van der Waals surface area contributed by atoms with Gasteiger partial charge in [-0.2, -0.15) is 0 Å². The molecule has 1 unspecified atom stereocenters. The van der Waals surface area contributed by atoms with Gasteiger partial charge >= 0.3 is 7.82 Å². The molecule has 0 spiro atoms. The number of phosphoric acid groups is 1. The van der Waals surface area contributed by atoms with E-state index in [0.717, 1.165) is 16.6 Å². The van der Waals surface area contributed by atoms with Crippen LogP contribution in [0.5, 0.6) is 28.7 Å². The van der Waals surface area contributed by atoms with E-state index in [1.807, 2.05) is 0 Å². The largest absolute Gasteiger partial charge is 0.746 e. The molecule has 0 saturated heterocycles. The summed E-state index contributed by atoms with van der Waals surface area (Å²) in [5, 5.41) is 8.39. The fraction of sp³-hybridized carbons (Fsp3) is 0.391. The number of nitrogens with zero attached hydrogens (tertiary/aromatic N) is 1. The monoisotopic (exact) mass is 499 g/mol. The first-order chi connectivity index (χ1) is 15.9. The number of aliphatic hydroxyl groups excluding tert-OH is 1. The first-order valence-electron chi connectivity index (χ1n) is 10.2. The van der Waals surface area contributed by atoms with Crippen LogP contribution in [0.15, 0.2) is 30.3 Å². The van der Waals surface area contributed by atoms with E-state index in [-0.39, 0.29) is 18.1 Å². The molecule has 1 atom stereocenters. The molecule has 2 aromatic carbocycles. The van der Waals surface area contributed by atoms with Crippen LogP contribution in [-0.4, -0.2) is 77.2 Å². The number of quaternary nitrogens is 1. The molecular formula is C23H34NO9P. The van der Waals surface area contributed by atoms with Crippen molar-refractivity contribution in [3.05, 3.63) is 41.5 Å². The van der Waals surface area contributed by atoms with Crippen LogP contribution in [0.3, 0.4) is 0 Å². The van der Waals surface area contributed by atoms with E-state index in [4.69, 9.17) is 28.9 Å². The van der Waals surface area contributed by atoms with Crippen molar-refractivity contribution >= 4 is 20.0 Å². The number of rotatable bonds is 10. The zero-order valence-corrected chi connectivity index (χ0v) is 21.5. The minimum atomic E-state index is -4.96. The fourth-order valence-electron chi connectivity index (χ4n) is 2.68. The summed E-state index contributed by atoms with van der Waals surface area (Å²) < 4.78 is 37.3. The molecule has 0 saturated carbocycles. The molecule has 2 aromatic rings. The third kappa shape index (κ3) is 10.0. The average molecular weight is 499 g/mol. The summed E-state index contributed by atoms with van der Waals surface area (Å²) in [6.45, 7) is 1.11. The number of aliphatic hydroxyl groups is 1. The maximum absolute atomic E-state index is 11.0. The Morgan fingerprint density at radius 1 is 0.853 bits per heavy atom. The lowest BCUT2D eigenvalue weighted by Gasteiger charge is -2.21. The number of ether oxygens (including phenoxy) is 4. The first-order valence-corrected chi connectivity index (χ1v) is 11.7. The van der Waals surface area contributed by atoms with Gasteiger partial charge in [0.25, 0.3) is 0 Å². The number of likely N-dealkylation sites (N-methyl/N-ethyl adjacent to an activating group) is 1. The Balaban J connectivity index is 0.000000718. The van der Waals surface area contributed by atoms with E-state index < -0.39 is 7.82 Å². The maximum atomic E-state index is 11.0. The summed E-state index contributed by atoms with van der Waals surface area (Å²) in [7, 11) is 7.12. The second-order valence-electron chi connectivity index (χ2n) is 8.00. The average Bonchev–Trinajstić information content (AvgIpc) is 2.75. The van der Waals surface area contributed by atoms with Crippen molar-refractivity contribution in [1.29, 1.82) is 0 Å². The Morgan fingerprint density at radius 3 is 1.74 bits per heavy atom. The Bertz CT molecular complexity index is 971. The van der Waals surface area contributed by atoms with E-state index >= 15 is 0 Å². The molecule has 0 fully saturated rings. The Hall–Kier alpha value is -2.75. The molecule has 10 nitrogen and oxygen atoms in total. The topological polar surface area (TPSA) is 127 Å². The highest BCUT2D eigenvalue weighted by molar-refractivity contribution is 7.45. The highest BCUT2D eigenvalue weighted by Gasteiger charge is 2.13. The minimum Gasteiger partial charge on any atom is -0.746 e. The molecule has 0 amide bonds. The van der Waals surface area contributed by atoms with Crippen LogP contribution >= 0.6 is 7.82 Å². The van der Waals surface area contributed by atoms with Crippen LogP contribution in [0.25, 0.3) is 12.2 Å². The van der Waals surface area contributed by atoms with Crippen LogP contribution < -0.4 is 28.4 Å². The van der Waals surface area contributed by atoms with Crippen LogP contribution in [0.2, 0.25) is 0 Å². The molecule has 0 aromatic heterocycles. The molecule has 0 radical (unpaired) electrons. The van der Waals surface area contributed by atoms with Gasteiger partial charge in [0.15, 0.2) is 23.0 Å². The van der Waals surface area contributed by atoms with Gasteiger partial charge in [-0.15, -0.1) is 0 Å². The molecule has 0 aliphatic heterocycles. The van der Waals surface area contributed by atoms with E-state index in [1.165, 1.54) is 40.6 Å². The van der Waals surface area contributed by atoms with Crippen LogP contribution in [0.1, 0.15) is 11.1 Å². The molecule has 2 N–H and O–H groups in total. The standard InChI is InChI=1S/C18H21O8P.C5H14NO/c1-22-14-8-7-12(9-15(14)26-27(19,20)21)5-6-13-10-16(23-2)18(25-4)17(11-13)24-3;1-6(2,3)4-5-7/h5-11H,1-4H3,(H2,19,20,21);7H,4-5H2,1-3H3/q;+1/p-1/b6-5-;. The zero-order valence-electron chi connectivity index (χ0n) is 20.6. The Morgan fingerprint density at radius 2 is 1.35 bits per heavy atom. The lowest BCUT2D eigenvalue weighted by molar-refractivity contribution is -0.870. The van der Waals surface area contributed by atoms with Crippen molar-refractivity contribution in [3.63, 3.8) is 0 Å². The van der Waals surface area contributed by atoms with Crippen molar-refractivity contribution in [2.45, 2.75) is 0 Å². The zero-order chi connectivity index (χ0) is 25.9. The fourth-order valence-corrected chi connectivity index (χ4v) is 3.07. The molecule has 0 aliphatic rings.